The van der Waals surface area contributed by atoms with Gasteiger partial charge in [-0.2, -0.15) is 5.10 Å². The lowest BCUT2D eigenvalue weighted by atomic mass is 10.2. The number of ether oxygens (including phenoxy) is 2. The van der Waals surface area contributed by atoms with Gasteiger partial charge < -0.3 is 9.47 Å². The lowest BCUT2D eigenvalue weighted by molar-refractivity contribution is 0.0597. The molecule has 0 radical (unpaired) electrons. The highest BCUT2D eigenvalue weighted by atomic mass is 19.3. The molecule has 0 aliphatic heterocycles. The maximum Gasteiger partial charge on any atom is 0.341 e. The molecule has 1 heterocycles. The Balaban J connectivity index is 2.97. The number of carbonyl (C=O) groups is 1. The van der Waals surface area contributed by atoms with Gasteiger partial charge in [0, 0.05) is 13.5 Å². The largest absolute Gasteiger partial charge is 0.465 e. The summed E-state index contributed by atoms with van der Waals surface area (Å²) >= 11 is 0. The summed E-state index contributed by atoms with van der Waals surface area (Å²) in [7, 11) is 2.72. The molecule has 0 aliphatic rings. The van der Waals surface area contributed by atoms with Crippen LogP contribution in [0, 0.1) is 0 Å². The maximum atomic E-state index is 12.3. The first-order valence-corrected chi connectivity index (χ1v) is 5.00. The maximum absolute atomic E-state index is 12.3. The Morgan fingerprint density at radius 3 is 2.76 bits per heavy atom. The molecule has 1 rings (SSSR count). The average Bonchev–Trinajstić information content (AvgIpc) is 2.67. The van der Waals surface area contributed by atoms with E-state index in [4.69, 9.17) is 4.74 Å². The summed E-state index contributed by atoms with van der Waals surface area (Å²) in [4.78, 5) is 11.4. The van der Waals surface area contributed by atoms with Crippen molar-refractivity contribution in [3.8, 4) is 0 Å². The number of esters is 1. The summed E-state index contributed by atoms with van der Waals surface area (Å²) in [5, 5.41) is 3.76. The van der Waals surface area contributed by atoms with Crippen molar-refractivity contribution in [1.82, 2.24) is 9.78 Å². The van der Waals surface area contributed by atoms with Gasteiger partial charge in [0.25, 0.3) is 6.43 Å². The molecule has 96 valence electrons. The average molecular weight is 248 g/mol. The Hall–Kier alpha value is -1.50. The van der Waals surface area contributed by atoms with Crippen LogP contribution in [0.1, 0.15) is 16.1 Å². The second-order valence-corrected chi connectivity index (χ2v) is 3.31. The smallest absolute Gasteiger partial charge is 0.341 e. The Bertz CT molecular complexity index is 380. The number of carbonyl (C=O) groups excluding carboxylic acids is 1. The van der Waals surface area contributed by atoms with Gasteiger partial charge in [0.2, 0.25) is 0 Å². The van der Waals surface area contributed by atoms with Crippen LogP contribution in [0.25, 0.3) is 0 Å². The van der Waals surface area contributed by atoms with Gasteiger partial charge in [-0.25, -0.2) is 13.6 Å². The minimum Gasteiger partial charge on any atom is -0.465 e. The molecule has 5 nitrogen and oxygen atoms in total. The molecule has 0 aromatic carbocycles. The van der Waals surface area contributed by atoms with Crippen molar-refractivity contribution in [3.63, 3.8) is 0 Å². The number of methoxy groups -OCH3 is 2. The van der Waals surface area contributed by atoms with Gasteiger partial charge in [-0.15, -0.1) is 0 Å². The summed E-state index contributed by atoms with van der Waals surface area (Å²) in [6.45, 7) is -0.227. The lowest BCUT2D eigenvalue weighted by Crippen LogP contribution is -2.15. The fraction of sp³-hybridized carbons (Fsp3) is 0.600. The van der Waals surface area contributed by atoms with E-state index in [0.717, 1.165) is 4.68 Å². The van der Waals surface area contributed by atoms with Crippen LogP contribution in [0.5, 0.6) is 0 Å². The molecule has 0 bridgehead atoms. The molecule has 0 amide bonds. The zero-order valence-electron chi connectivity index (χ0n) is 9.65. The molecule has 0 N–H and O–H groups in total. The van der Waals surface area contributed by atoms with E-state index in [0.29, 0.717) is 18.7 Å². The number of hydrogen-bond donors (Lipinski definition) is 0. The molecule has 1 aromatic heterocycles. The lowest BCUT2D eigenvalue weighted by Gasteiger charge is -2.08. The van der Waals surface area contributed by atoms with Crippen molar-refractivity contribution in [2.45, 2.75) is 19.4 Å². The second-order valence-electron chi connectivity index (χ2n) is 3.31. The predicted octanol–water partition coefficient (Wildman–Crippen LogP) is 1.12. The molecule has 0 saturated heterocycles. The summed E-state index contributed by atoms with van der Waals surface area (Å²) in [6, 6.07) is 0. The molecule has 17 heavy (non-hydrogen) atoms. The van der Waals surface area contributed by atoms with E-state index >= 15 is 0 Å². The summed E-state index contributed by atoms with van der Waals surface area (Å²) < 4.78 is 35.1. The highest BCUT2D eigenvalue weighted by molar-refractivity contribution is 5.90. The molecule has 0 atom stereocenters. The predicted molar refractivity (Wildman–Crippen MR) is 55.2 cm³/mol. The highest BCUT2D eigenvalue weighted by Gasteiger charge is 2.19. The minimum atomic E-state index is -2.53. The van der Waals surface area contributed by atoms with Gasteiger partial charge in [0.15, 0.2) is 0 Å². The second kappa shape index (κ2) is 6.29. The number of alkyl halides is 2. The normalized spacial score (nSPS) is 10.9. The Morgan fingerprint density at radius 1 is 1.53 bits per heavy atom. The van der Waals surface area contributed by atoms with E-state index < -0.39 is 18.9 Å². The molecule has 7 heteroatoms. The fourth-order valence-electron chi connectivity index (χ4n) is 1.44. The van der Waals surface area contributed by atoms with E-state index in [1.54, 1.807) is 0 Å². The Kier molecular flexibility index (Phi) is 5.02. The fourth-order valence-corrected chi connectivity index (χ4v) is 1.44. The number of aromatic nitrogens is 2. The highest BCUT2D eigenvalue weighted by Crippen LogP contribution is 2.13. The number of nitrogens with zero attached hydrogens (tertiary/aromatic N) is 2. The van der Waals surface area contributed by atoms with E-state index in [1.807, 2.05) is 0 Å². The van der Waals surface area contributed by atoms with Crippen molar-refractivity contribution in [1.29, 1.82) is 0 Å². The molecule has 0 saturated carbocycles. The zero-order valence-corrected chi connectivity index (χ0v) is 9.65. The number of hydrogen-bond acceptors (Lipinski definition) is 4. The standard InChI is InChI=1S/C10H14F2N2O3/c1-16-4-3-8-7(10(15)17-2)5-13-14(8)6-9(11)12/h5,9H,3-4,6H2,1-2H3. The van der Waals surface area contributed by atoms with Crippen molar-refractivity contribution in [3.05, 3.63) is 17.5 Å². The van der Waals surface area contributed by atoms with Gasteiger partial charge in [0.1, 0.15) is 12.1 Å². The van der Waals surface area contributed by atoms with E-state index in [1.165, 1.54) is 20.4 Å². The number of halogens is 2. The first kappa shape index (κ1) is 13.6. The zero-order chi connectivity index (χ0) is 12.8. The Morgan fingerprint density at radius 2 is 2.24 bits per heavy atom. The van der Waals surface area contributed by atoms with Gasteiger partial charge in [-0.1, -0.05) is 0 Å². The van der Waals surface area contributed by atoms with Crippen molar-refractivity contribution in [2.75, 3.05) is 20.8 Å². The van der Waals surface area contributed by atoms with Gasteiger partial charge in [-0.3, -0.25) is 4.68 Å². The van der Waals surface area contributed by atoms with Gasteiger partial charge >= 0.3 is 5.97 Å². The first-order valence-electron chi connectivity index (χ1n) is 5.00. The third kappa shape index (κ3) is 3.48. The minimum absolute atomic E-state index is 0.199. The van der Waals surface area contributed by atoms with E-state index in [-0.39, 0.29) is 5.56 Å². The topological polar surface area (TPSA) is 53.4 Å². The summed E-state index contributed by atoms with van der Waals surface area (Å²) in [6.07, 6.45) is -0.964. The van der Waals surface area contributed by atoms with Gasteiger partial charge in [0.05, 0.1) is 25.6 Å². The molecule has 0 fully saturated rings. The van der Waals surface area contributed by atoms with Crippen LogP contribution >= 0.6 is 0 Å². The monoisotopic (exact) mass is 248 g/mol. The quantitative estimate of drug-likeness (QED) is 0.708. The van der Waals surface area contributed by atoms with Crippen LogP contribution in [-0.2, 0) is 22.4 Å². The van der Waals surface area contributed by atoms with Crippen LogP contribution in [0.15, 0.2) is 6.20 Å². The van der Waals surface area contributed by atoms with Crippen LogP contribution in [0.3, 0.4) is 0 Å². The van der Waals surface area contributed by atoms with Crippen LogP contribution < -0.4 is 0 Å². The van der Waals surface area contributed by atoms with Crippen LogP contribution in [0.4, 0.5) is 8.78 Å². The third-order valence-corrected chi connectivity index (χ3v) is 2.21. The summed E-state index contributed by atoms with van der Waals surface area (Å²) in [5.74, 6) is -0.586. The Labute approximate surface area is 97.3 Å². The van der Waals surface area contributed by atoms with E-state index in [2.05, 4.69) is 9.84 Å². The SMILES string of the molecule is COCCc1c(C(=O)OC)cnn1CC(F)F. The molecule has 0 aliphatic carbocycles. The van der Waals surface area contributed by atoms with Crippen molar-refractivity contribution >= 4 is 5.97 Å². The van der Waals surface area contributed by atoms with E-state index in [9.17, 15) is 13.6 Å². The van der Waals surface area contributed by atoms with Crippen molar-refractivity contribution < 1.29 is 23.0 Å². The number of rotatable bonds is 6. The molecule has 0 unspecified atom stereocenters. The summed E-state index contributed by atoms with van der Waals surface area (Å²) in [5.41, 5.74) is 0.601. The third-order valence-electron chi connectivity index (χ3n) is 2.21. The van der Waals surface area contributed by atoms with Crippen LogP contribution in [0.2, 0.25) is 0 Å². The van der Waals surface area contributed by atoms with Gasteiger partial charge in [-0.05, 0) is 0 Å². The molecular weight excluding hydrogens is 234 g/mol. The van der Waals surface area contributed by atoms with Crippen LogP contribution in [-0.4, -0.2) is 43.0 Å². The first-order chi connectivity index (χ1) is 8.10. The van der Waals surface area contributed by atoms with Crippen molar-refractivity contribution in [2.24, 2.45) is 0 Å². The molecule has 0 spiro atoms. The molecular formula is C10H14F2N2O3. The molecule has 1 aromatic rings.